The van der Waals surface area contributed by atoms with Gasteiger partial charge in [0.25, 0.3) is 0 Å². The Balaban J connectivity index is 1.91. The SMILES string of the molecule is Brc1ccc(-n2cccc2C=Nc2ccccc2)cc1. The largest absolute Gasteiger partial charge is 0.316 e. The second-order valence-corrected chi connectivity index (χ2v) is 5.29. The maximum absolute atomic E-state index is 4.50. The third kappa shape index (κ3) is 2.89. The summed E-state index contributed by atoms with van der Waals surface area (Å²) in [6.07, 6.45) is 3.92. The molecule has 0 unspecified atom stereocenters. The summed E-state index contributed by atoms with van der Waals surface area (Å²) < 4.78 is 3.19. The molecule has 0 saturated carbocycles. The number of nitrogens with zero attached hydrogens (tertiary/aromatic N) is 2. The van der Waals surface area contributed by atoms with Crippen LogP contribution in [-0.4, -0.2) is 10.8 Å². The van der Waals surface area contributed by atoms with E-state index in [1.165, 1.54) is 0 Å². The monoisotopic (exact) mass is 324 g/mol. The number of benzene rings is 2. The molecule has 0 amide bonds. The van der Waals surface area contributed by atoms with Crippen LogP contribution in [0.1, 0.15) is 5.69 Å². The van der Waals surface area contributed by atoms with Crippen molar-refractivity contribution in [3.8, 4) is 5.69 Å². The number of hydrogen-bond donors (Lipinski definition) is 0. The number of rotatable bonds is 3. The molecule has 3 rings (SSSR count). The fourth-order valence-corrected chi connectivity index (χ4v) is 2.26. The second-order valence-electron chi connectivity index (χ2n) is 4.37. The first-order valence-corrected chi connectivity index (χ1v) is 7.15. The van der Waals surface area contributed by atoms with Crippen molar-refractivity contribution in [3.63, 3.8) is 0 Å². The molecule has 0 atom stereocenters. The molecule has 1 aromatic heterocycles. The van der Waals surface area contributed by atoms with E-state index in [4.69, 9.17) is 0 Å². The van der Waals surface area contributed by atoms with Gasteiger partial charge in [0.2, 0.25) is 0 Å². The van der Waals surface area contributed by atoms with E-state index in [0.29, 0.717) is 0 Å². The molecule has 0 fully saturated rings. The number of aliphatic imine (C=N–C) groups is 1. The van der Waals surface area contributed by atoms with E-state index < -0.39 is 0 Å². The molecular formula is C17H13BrN2. The Morgan fingerprint density at radius 3 is 2.35 bits per heavy atom. The van der Waals surface area contributed by atoms with Crippen molar-refractivity contribution in [1.29, 1.82) is 0 Å². The number of hydrogen-bond acceptors (Lipinski definition) is 1. The van der Waals surface area contributed by atoms with Crippen molar-refractivity contribution in [2.24, 2.45) is 4.99 Å². The maximum Gasteiger partial charge on any atom is 0.0639 e. The van der Waals surface area contributed by atoms with Crippen LogP contribution in [-0.2, 0) is 0 Å². The first-order valence-electron chi connectivity index (χ1n) is 6.35. The molecule has 0 saturated heterocycles. The van der Waals surface area contributed by atoms with Gasteiger partial charge in [0.05, 0.1) is 17.6 Å². The molecule has 0 aliphatic carbocycles. The highest BCUT2D eigenvalue weighted by molar-refractivity contribution is 9.10. The van der Waals surface area contributed by atoms with E-state index in [1.54, 1.807) is 0 Å². The molecule has 1 heterocycles. The highest BCUT2D eigenvalue weighted by Gasteiger charge is 2.00. The zero-order chi connectivity index (χ0) is 13.8. The molecule has 3 aromatic rings. The van der Waals surface area contributed by atoms with Gasteiger partial charge in [-0.05, 0) is 48.5 Å². The van der Waals surface area contributed by atoms with Gasteiger partial charge in [-0.2, -0.15) is 0 Å². The molecule has 0 spiro atoms. The van der Waals surface area contributed by atoms with Gasteiger partial charge in [-0.3, -0.25) is 4.99 Å². The van der Waals surface area contributed by atoms with Crippen molar-refractivity contribution < 1.29 is 0 Å². The minimum Gasteiger partial charge on any atom is -0.316 e. The highest BCUT2D eigenvalue weighted by atomic mass is 79.9. The van der Waals surface area contributed by atoms with E-state index in [-0.39, 0.29) is 0 Å². The lowest BCUT2D eigenvalue weighted by Gasteiger charge is -2.06. The Morgan fingerprint density at radius 2 is 1.60 bits per heavy atom. The predicted molar refractivity (Wildman–Crippen MR) is 87.2 cm³/mol. The third-order valence-corrected chi connectivity index (χ3v) is 3.52. The zero-order valence-corrected chi connectivity index (χ0v) is 12.4. The van der Waals surface area contributed by atoms with E-state index in [2.05, 4.69) is 43.7 Å². The van der Waals surface area contributed by atoms with Crippen molar-refractivity contribution in [3.05, 3.63) is 83.1 Å². The number of halogens is 1. The quantitative estimate of drug-likeness (QED) is 0.604. The van der Waals surface area contributed by atoms with Crippen LogP contribution in [0.25, 0.3) is 5.69 Å². The molecule has 2 aromatic carbocycles. The third-order valence-electron chi connectivity index (χ3n) is 2.99. The summed E-state index contributed by atoms with van der Waals surface area (Å²) in [4.78, 5) is 4.50. The Hall–Kier alpha value is -2.13. The second kappa shape index (κ2) is 5.88. The Morgan fingerprint density at radius 1 is 0.850 bits per heavy atom. The Kier molecular flexibility index (Phi) is 3.79. The van der Waals surface area contributed by atoms with Gasteiger partial charge in [0, 0.05) is 16.4 Å². The molecule has 98 valence electrons. The molecule has 2 nitrogen and oxygen atoms in total. The fourth-order valence-electron chi connectivity index (χ4n) is 1.99. The van der Waals surface area contributed by atoms with Crippen molar-refractivity contribution in [2.75, 3.05) is 0 Å². The average molecular weight is 325 g/mol. The molecule has 0 aliphatic heterocycles. The lowest BCUT2D eigenvalue weighted by Crippen LogP contribution is -1.97. The normalized spacial score (nSPS) is 11.1. The summed E-state index contributed by atoms with van der Waals surface area (Å²) in [5, 5.41) is 0. The summed E-state index contributed by atoms with van der Waals surface area (Å²) >= 11 is 3.45. The molecule has 0 N–H and O–H groups in total. The molecular weight excluding hydrogens is 312 g/mol. The summed E-state index contributed by atoms with van der Waals surface area (Å²) in [7, 11) is 0. The van der Waals surface area contributed by atoms with E-state index in [9.17, 15) is 0 Å². The van der Waals surface area contributed by atoms with Crippen LogP contribution in [0.2, 0.25) is 0 Å². The average Bonchev–Trinajstić information content (AvgIpc) is 2.95. The molecule has 0 bridgehead atoms. The van der Waals surface area contributed by atoms with E-state index in [1.807, 2.05) is 60.9 Å². The number of aromatic nitrogens is 1. The minimum absolute atomic E-state index is 0.955. The van der Waals surface area contributed by atoms with Gasteiger partial charge < -0.3 is 4.57 Å². The van der Waals surface area contributed by atoms with Crippen LogP contribution in [0.15, 0.2) is 82.4 Å². The molecule has 20 heavy (non-hydrogen) atoms. The van der Waals surface area contributed by atoms with Gasteiger partial charge in [-0.15, -0.1) is 0 Å². The molecule has 3 heteroatoms. The van der Waals surface area contributed by atoms with Gasteiger partial charge in [0.1, 0.15) is 0 Å². The van der Waals surface area contributed by atoms with Crippen LogP contribution in [0, 0.1) is 0 Å². The lowest BCUT2D eigenvalue weighted by molar-refractivity contribution is 1.07. The summed E-state index contributed by atoms with van der Waals surface area (Å²) in [6.45, 7) is 0. The fraction of sp³-hybridized carbons (Fsp3) is 0. The summed E-state index contributed by atoms with van der Waals surface area (Å²) in [5.74, 6) is 0. The first kappa shape index (κ1) is 12.9. The number of para-hydroxylation sites is 1. The van der Waals surface area contributed by atoms with Crippen LogP contribution in [0.5, 0.6) is 0 Å². The predicted octanol–water partition coefficient (Wildman–Crippen LogP) is 4.99. The first-order chi connectivity index (χ1) is 9.83. The summed E-state index contributed by atoms with van der Waals surface area (Å²) in [6, 6.07) is 22.2. The maximum atomic E-state index is 4.50. The topological polar surface area (TPSA) is 17.3 Å². The van der Waals surface area contributed by atoms with Crippen molar-refractivity contribution >= 4 is 27.8 Å². The Bertz CT molecular complexity index is 712. The van der Waals surface area contributed by atoms with E-state index in [0.717, 1.165) is 21.5 Å². The standard InChI is InChI=1S/C17H13BrN2/c18-14-8-10-16(11-9-14)20-12-4-7-17(20)13-19-15-5-2-1-3-6-15/h1-13H. The van der Waals surface area contributed by atoms with Gasteiger partial charge in [-0.1, -0.05) is 34.1 Å². The van der Waals surface area contributed by atoms with E-state index >= 15 is 0 Å². The highest BCUT2D eigenvalue weighted by Crippen LogP contribution is 2.17. The zero-order valence-electron chi connectivity index (χ0n) is 10.8. The van der Waals surface area contributed by atoms with Gasteiger partial charge in [-0.25, -0.2) is 0 Å². The van der Waals surface area contributed by atoms with Crippen LogP contribution in [0.4, 0.5) is 5.69 Å². The van der Waals surface area contributed by atoms with Crippen LogP contribution >= 0.6 is 15.9 Å². The van der Waals surface area contributed by atoms with Crippen molar-refractivity contribution in [1.82, 2.24) is 4.57 Å². The lowest BCUT2D eigenvalue weighted by atomic mass is 10.3. The Labute approximate surface area is 126 Å². The van der Waals surface area contributed by atoms with Crippen LogP contribution < -0.4 is 0 Å². The van der Waals surface area contributed by atoms with Gasteiger partial charge >= 0.3 is 0 Å². The minimum atomic E-state index is 0.955. The van der Waals surface area contributed by atoms with Crippen molar-refractivity contribution in [2.45, 2.75) is 0 Å². The van der Waals surface area contributed by atoms with Crippen LogP contribution in [0.3, 0.4) is 0 Å². The molecule has 0 radical (unpaired) electrons. The van der Waals surface area contributed by atoms with Gasteiger partial charge in [0.15, 0.2) is 0 Å². The summed E-state index contributed by atoms with van der Waals surface area (Å²) in [5.41, 5.74) is 3.12. The smallest absolute Gasteiger partial charge is 0.0639 e. The molecule has 0 aliphatic rings.